The zero-order valence-corrected chi connectivity index (χ0v) is 9.60. The molecule has 1 atom stereocenters. The van der Waals surface area contributed by atoms with Crippen molar-refractivity contribution in [2.75, 3.05) is 14.2 Å². The molecule has 0 aliphatic rings. The third kappa shape index (κ3) is 5.71. The Morgan fingerprint density at radius 2 is 2.08 bits per heavy atom. The number of nitrogens with zero attached hydrogens (tertiary/aromatic N) is 1. The van der Waals surface area contributed by atoms with Crippen LogP contribution in [0.1, 0.15) is 19.8 Å². The van der Waals surface area contributed by atoms with E-state index in [4.69, 9.17) is 8.85 Å². The maximum atomic E-state index is 10.1. The molecular weight excluding hydrogens is 186 g/mol. The van der Waals surface area contributed by atoms with Crippen molar-refractivity contribution in [3.05, 3.63) is 0 Å². The Balaban J connectivity index is 3.98. The number of isocyanates is 1. The van der Waals surface area contributed by atoms with Gasteiger partial charge in [0.25, 0.3) is 0 Å². The fourth-order valence-electron chi connectivity index (χ4n) is 1.15. The van der Waals surface area contributed by atoms with E-state index in [-0.39, 0.29) is 6.04 Å². The lowest BCUT2D eigenvalue weighted by Crippen LogP contribution is -2.24. The summed E-state index contributed by atoms with van der Waals surface area (Å²) in [6.07, 6.45) is 3.49. The third-order valence-corrected chi connectivity index (χ3v) is 3.83. The molecule has 0 aromatic heterocycles. The molecule has 0 rings (SSSR count). The molecule has 0 saturated carbocycles. The molecule has 0 heterocycles. The summed E-state index contributed by atoms with van der Waals surface area (Å²) in [5, 5.41) is 0. The molecule has 13 heavy (non-hydrogen) atoms. The van der Waals surface area contributed by atoms with Crippen molar-refractivity contribution in [2.24, 2.45) is 4.99 Å². The maximum absolute atomic E-state index is 10.1. The molecule has 0 aliphatic carbocycles. The molecular formula is C8H17NO3Si. The minimum atomic E-state index is -1.59. The highest BCUT2D eigenvalue weighted by Gasteiger charge is 2.16. The van der Waals surface area contributed by atoms with Crippen LogP contribution in [0.4, 0.5) is 0 Å². The van der Waals surface area contributed by atoms with Gasteiger partial charge in [-0.15, -0.1) is 0 Å². The van der Waals surface area contributed by atoms with Crippen molar-refractivity contribution in [1.29, 1.82) is 0 Å². The summed E-state index contributed by atoms with van der Waals surface area (Å²) in [6.45, 7) is 2.06. The summed E-state index contributed by atoms with van der Waals surface area (Å²) in [6, 6.07) is 0.773. The summed E-state index contributed by atoms with van der Waals surface area (Å²) in [7, 11) is 1.68. The molecule has 0 amide bonds. The molecule has 0 radical (unpaired) electrons. The lowest BCUT2D eigenvalue weighted by Gasteiger charge is -2.14. The Labute approximate surface area is 80.8 Å². The summed E-state index contributed by atoms with van der Waals surface area (Å²) >= 11 is 0. The first-order valence-corrected chi connectivity index (χ1v) is 6.16. The molecule has 76 valence electrons. The molecule has 0 fully saturated rings. The van der Waals surface area contributed by atoms with E-state index in [2.05, 4.69) is 11.9 Å². The van der Waals surface area contributed by atoms with Gasteiger partial charge in [0.2, 0.25) is 6.08 Å². The van der Waals surface area contributed by atoms with Crippen molar-refractivity contribution in [3.63, 3.8) is 0 Å². The van der Waals surface area contributed by atoms with Crippen molar-refractivity contribution < 1.29 is 13.6 Å². The highest BCUT2D eigenvalue weighted by Crippen LogP contribution is 2.10. The molecule has 0 spiro atoms. The number of aliphatic imine (C=N–C) groups is 1. The van der Waals surface area contributed by atoms with E-state index in [0.29, 0.717) is 0 Å². The second kappa shape index (κ2) is 8.13. The quantitative estimate of drug-likeness (QED) is 0.352. The smallest absolute Gasteiger partial charge is 0.323 e. The van der Waals surface area contributed by atoms with Gasteiger partial charge in [-0.3, -0.25) is 0 Å². The second-order valence-electron chi connectivity index (χ2n) is 2.80. The van der Waals surface area contributed by atoms with Crippen molar-refractivity contribution in [2.45, 2.75) is 31.9 Å². The molecule has 0 N–H and O–H groups in total. The van der Waals surface area contributed by atoms with Gasteiger partial charge >= 0.3 is 9.28 Å². The van der Waals surface area contributed by atoms with E-state index in [9.17, 15) is 4.79 Å². The summed E-state index contributed by atoms with van der Waals surface area (Å²) in [5.74, 6) is 0. The van der Waals surface area contributed by atoms with E-state index in [1.807, 2.05) is 0 Å². The average molecular weight is 203 g/mol. The third-order valence-electron chi connectivity index (χ3n) is 1.85. The standard InChI is InChI=1S/C8H17NO3Si/c1-4-5-8(9-7-10)6-13(11-2)12-3/h8,13H,4-6H2,1-3H3. The molecule has 0 aliphatic heterocycles. The van der Waals surface area contributed by atoms with Gasteiger partial charge < -0.3 is 8.85 Å². The Morgan fingerprint density at radius 3 is 2.46 bits per heavy atom. The van der Waals surface area contributed by atoms with E-state index in [1.54, 1.807) is 20.3 Å². The van der Waals surface area contributed by atoms with Crippen molar-refractivity contribution >= 4 is 15.4 Å². The maximum Gasteiger partial charge on any atom is 0.323 e. The Morgan fingerprint density at radius 1 is 1.46 bits per heavy atom. The first-order chi connectivity index (χ1) is 6.28. The van der Waals surface area contributed by atoms with Crippen LogP contribution in [0.15, 0.2) is 4.99 Å². The minimum absolute atomic E-state index is 0.0269. The minimum Gasteiger partial charge on any atom is -0.400 e. The number of carbonyl (C=O) groups excluding carboxylic acids is 1. The summed E-state index contributed by atoms with van der Waals surface area (Å²) in [5.41, 5.74) is 0. The topological polar surface area (TPSA) is 47.9 Å². The van der Waals surface area contributed by atoms with Crippen LogP contribution >= 0.6 is 0 Å². The van der Waals surface area contributed by atoms with Crippen LogP contribution in [0, 0.1) is 0 Å². The van der Waals surface area contributed by atoms with Gasteiger partial charge in [0.15, 0.2) is 0 Å². The Kier molecular flexibility index (Phi) is 7.83. The monoisotopic (exact) mass is 203 g/mol. The zero-order valence-electron chi connectivity index (χ0n) is 8.45. The van der Waals surface area contributed by atoms with E-state index in [0.717, 1.165) is 18.9 Å². The van der Waals surface area contributed by atoms with Gasteiger partial charge in [0.05, 0.1) is 6.04 Å². The lowest BCUT2D eigenvalue weighted by atomic mass is 10.2. The molecule has 0 saturated heterocycles. The predicted octanol–water partition coefficient (Wildman–Crippen LogP) is 1.00. The number of hydrogen-bond acceptors (Lipinski definition) is 4. The van der Waals surface area contributed by atoms with Crippen LogP contribution in [0.25, 0.3) is 0 Å². The fraction of sp³-hybridized carbons (Fsp3) is 0.875. The zero-order chi connectivity index (χ0) is 10.1. The van der Waals surface area contributed by atoms with Crippen LogP contribution in [-0.2, 0) is 13.6 Å². The molecule has 0 bridgehead atoms. The fourth-order valence-corrected chi connectivity index (χ4v) is 2.52. The van der Waals surface area contributed by atoms with Gasteiger partial charge in [0.1, 0.15) is 0 Å². The van der Waals surface area contributed by atoms with Crippen molar-refractivity contribution in [1.82, 2.24) is 0 Å². The Hall–Kier alpha value is -0.483. The molecule has 0 aromatic rings. The molecule has 5 heteroatoms. The van der Waals surface area contributed by atoms with E-state index >= 15 is 0 Å². The van der Waals surface area contributed by atoms with Crippen LogP contribution in [-0.4, -0.2) is 35.6 Å². The molecule has 1 unspecified atom stereocenters. The van der Waals surface area contributed by atoms with Crippen LogP contribution in [0.2, 0.25) is 6.04 Å². The van der Waals surface area contributed by atoms with Gasteiger partial charge in [-0.2, -0.15) is 0 Å². The first-order valence-electron chi connectivity index (χ1n) is 4.41. The first kappa shape index (κ1) is 12.5. The van der Waals surface area contributed by atoms with Gasteiger partial charge in [-0.1, -0.05) is 13.3 Å². The normalized spacial score (nSPS) is 12.6. The van der Waals surface area contributed by atoms with Gasteiger partial charge in [-0.05, 0) is 6.42 Å². The van der Waals surface area contributed by atoms with Gasteiger partial charge in [0, 0.05) is 20.3 Å². The van der Waals surface area contributed by atoms with Crippen LogP contribution < -0.4 is 0 Å². The van der Waals surface area contributed by atoms with Gasteiger partial charge in [-0.25, -0.2) is 9.79 Å². The predicted molar refractivity (Wildman–Crippen MR) is 52.8 cm³/mol. The second-order valence-corrected chi connectivity index (χ2v) is 5.07. The highest BCUT2D eigenvalue weighted by molar-refractivity contribution is 6.44. The molecule has 0 aromatic carbocycles. The number of rotatable bonds is 7. The van der Waals surface area contributed by atoms with E-state index < -0.39 is 9.28 Å². The lowest BCUT2D eigenvalue weighted by molar-refractivity contribution is 0.273. The SMILES string of the molecule is CCCC(C[SiH](OC)OC)N=C=O. The summed E-state index contributed by atoms with van der Waals surface area (Å²) in [4.78, 5) is 13.8. The Bertz CT molecular complexity index is 167. The van der Waals surface area contributed by atoms with Crippen LogP contribution in [0.5, 0.6) is 0 Å². The molecule has 4 nitrogen and oxygen atoms in total. The van der Waals surface area contributed by atoms with Crippen LogP contribution in [0.3, 0.4) is 0 Å². The average Bonchev–Trinajstić information content (AvgIpc) is 2.14. The number of hydrogen-bond donors (Lipinski definition) is 0. The van der Waals surface area contributed by atoms with E-state index in [1.165, 1.54) is 0 Å². The van der Waals surface area contributed by atoms with Crippen molar-refractivity contribution in [3.8, 4) is 0 Å². The largest absolute Gasteiger partial charge is 0.400 e. The highest BCUT2D eigenvalue weighted by atomic mass is 28.3. The summed E-state index contributed by atoms with van der Waals surface area (Å²) < 4.78 is 10.3.